The summed E-state index contributed by atoms with van der Waals surface area (Å²) in [6, 6.07) is 8.03. The highest BCUT2D eigenvalue weighted by molar-refractivity contribution is 7.98. The molecule has 0 spiro atoms. The van der Waals surface area contributed by atoms with Crippen LogP contribution in [0.2, 0.25) is 0 Å². The van der Waals surface area contributed by atoms with Gasteiger partial charge >= 0.3 is 0 Å². The molecule has 0 unspecified atom stereocenters. The standard InChI is InChI=1S/C12H18OS/c1-12(2,3)11(13)9-7-5-6-8-10(9)14-4/h5-8,11,13H,1-4H3/t11-/m1/s1. The number of rotatable bonds is 2. The highest BCUT2D eigenvalue weighted by Gasteiger charge is 2.25. The van der Waals surface area contributed by atoms with Crippen LogP contribution < -0.4 is 0 Å². The molecule has 0 aromatic heterocycles. The SMILES string of the molecule is CSc1ccccc1[C@@H](O)C(C)(C)C. The van der Waals surface area contributed by atoms with Crippen LogP contribution in [0.4, 0.5) is 0 Å². The largest absolute Gasteiger partial charge is 0.388 e. The summed E-state index contributed by atoms with van der Waals surface area (Å²) in [4.78, 5) is 1.16. The minimum Gasteiger partial charge on any atom is -0.388 e. The lowest BCUT2D eigenvalue weighted by atomic mass is 9.85. The minimum atomic E-state index is -0.397. The Labute approximate surface area is 90.5 Å². The Morgan fingerprint density at radius 3 is 2.29 bits per heavy atom. The summed E-state index contributed by atoms with van der Waals surface area (Å²) in [6.45, 7) is 6.15. The van der Waals surface area contributed by atoms with Crippen LogP contribution in [0.15, 0.2) is 29.2 Å². The molecule has 78 valence electrons. The molecule has 0 aliphatic heterocycles. The molecule has 1 atom stereocenters. The molecule has 0 radical (unpaired) electrons. The molecular formula is C12H18OS. The van der Waals surface area contributed by atoms with Gasteiger partial charge < -0.3 is 5.11 Å². The van der Waals surface area contributed by atoms with E-state index in [-0.39, 0.29) is 5.41 Å². The molecular weight excluding hydrogens is 192 g/mol. The van der Waals surface area contributed by atoms with Gasteiger partial charge in [0, 0.05) is 4.90 Å². The van der Waals surface area contributed by atoms with Gasteiger partial charge in [-0.3, -0.25) is 0 Å². The Bertz CT molecular complexity index is 301. The second kappa shape index (κ2) is 4.37. The first-order valence-corrected chi connectivity index (χ1v) is 6.00. The van der Waals surface area contributed by atoms with E-state index in [1.54, 1.807) is 11.8 Å². The third kappa shape index (κ3) is 2.52. The van der Waals surface area contributed by atoms with Crippen molar-refractivity contribution in [1.29, 1.82) is 0 Å². The Kier molecular flexibility index (Phi) is 3.62. The first kappa shape index (κ1) is 11.6. The topological polar surface area (TPSA) is 20.2 Å². The second-order valence-electron chi connectivity index (χ2n) is 4.51. The van der Waals surface area contributed by atoms with Gasteiger partial charge in [0.1, 0.15) is 0 Å². The third-order valence-corrected chi connectivity index (χ3v) is 3.07. The zero-order chi connectivity index (χ0) is 10.8. The van der Waals surface area contributed by atoms with Crippen molar-refractivity contribution >= 4 is 11.8 Å². The molecule has 0 amide bonds. The molecule has 1 rings (SSSR count). The van der Waals surface area contributed by atoms with Gasteiger partial charge in [0.05, 0.1) is 6.10 Å². The molecule has 1 aromatic carbocycles. The molecule has 0 aliphatic carbocycles. The van der Waals surface area contributed by atoms with E-state index >= 15 is 0 Å². The van der Waals surface area contributed by atoms with Gasteiger partial charge in [-0.1, -0.05) is 39.0 Å². The fourth-order valence-corrected chi connectivity index (χ4v) is 1.99. The highest BCUT2D eigenvalue weighted by Crippen LogP contribution is 2.36. The number of aliphatic hydroxyl groups is 1. The fourth-order valence-electron chi connectivity index (χ4n) is 1.36. The first-order chi connectivity index (χ1) is 6.46. The lowest BCUT2D eigenvalue weighted by molar-refractivity contribution is 0.0604. The number of aliphatic hydroxyl groups excluding tert-OH is 1. The van der Waals surface area contributed by atoms with Crippen molar-refractivity contribution in [3.8, 4) is 0 Å². The van der Waals surface area contributed by atoms with Crippen molar-refractivity contribution in [2.75, 3.05) is 6.26 Å². The molecule has 1 aromatic rings. The van der Waals surface area contributed by atoms with E-state index < -0.39 is 6.10 Å². The first-order valence-electron chi connectivity index (χ1n) is 4.78. The molecule has 14 heavy (non-hydrogen) atoms. The lowest BCUT2D eigenvalue weighted by Crippen LogP contribution is -2.18. The third-order valence-electron chi connectivity index (χ3n) is 2.25. The molecule has 0 fully saturated rings. The van der Waals surface area contributed by atoms with E-state index in [4.69, 9.17) is 0 Å². The maximum Gasteiger partial charge on any atom is 0.0849 e. The van der Waals surface area contributed by atoms with Crippen LogP contribution in [-0.2, 0) is 0 Å². The zero-order valence-electron chi connectivity index (χ0n) is 9.24. The average molecular weight is 210 g/mol. The van der Waals surface area contributed by atoms with Crippen molar-refractivity contribution in [3.05, 3.63) is 29.8 Å². The second-order valence-corrected chi connectivity index (χ2v) is 5.36. The van der Waals surface area contributed by atoms with Gasteiger partial charge in [0.2, 0.25) is 0 Å². The molecule has 0 aliphatic rings. The van der Waals surface area contributed by atoms with Crippen LogP contribution in [0, 0.1) is 5.41 Å². The summed E-state index contributed by atoms with van der Waals surface area (Å²) in [5, 5.41) is 10.2. The summed E-state index contributed by atoms with van der Waals surface area (Å²) in [7, 11) is 0. The van der Waals surface area contributed by atoms with Gasteiger partial charge in [-0.2, -0.15) is 0 Å². The van der Waals surface area contributed by atoms with Gasteiger partial charge in [-0.25, -0.2) is 0 Å². The van der Waals surface area contributed by atoms with Crippen LogP contribution >= 0.6 is 11.8 Å². The summed E-state index contributed by atoms with van der Waals surface area (Å²) in [5.74, 6) is 0. The number of thioether (sulfide) groups is 1. The van der Waals surface area contributed by atoms with Crippen LogP contribution in [0.5, 0.6) is 0 Å². The Morgan fingerprint density at radius 2 is 1.79 bits per heavy atom. The van der Waals surface area contributed by atoms with Gasteiger partial charge in [0.25, 0.3) is 0 Å². The fraction of sp³-hybridized carbons (Fsp3) is 0.500. The Balaban J connectivity index is 3.06. The van der Waals surface area contributed by atoms with E-state index in [2.05, 4.69) is 26.8 Å². The molecule has 0 bridgehead atoms. The predicted octanol–water partition coefficient (Wildman–Crippen LogP) is 3.49. The lowest BCUT2D eigenvalue weighted by Gasteiger charge is -2.27. The van der Waals surface area contributed by atoms with Crippen molar-refractivity contribution < 1.29 is 5.11 Å². The van der Waals surface area contributed by atoms with Gasteiger partial charge in [0.15, 0.2) is 0 Å². The van der Waals surface area contributed by atoms with E-state index in [1.165, 1.54) is 0 Å². The predicted molar refractivity (Wildman–Crippen MR) is 62.6 cm³/mol. The highest BCUT2D eigenvalue weighted by atomic mass is 32.2. The minimum absolute atomic E-state index is 0.105. The Hall–Kier alpha value is -0.470. The van der Waals surface area contributed by atoms with Crippen molar-refractivity contribution in [2.24, 2.45) is 5.41 Å². The summed E-state index contributed by atoms with van der Waals surface area (Å²) in [6.07, 6.45) is 1.64. The molecule has 2 heteroatoms. The van der Waals surface area contributed by atoms with Crippen molar-refractivity contribution in [3.63, 3.8) is 0 Å². The Morgan fingerprint density at radius 1 is 1.21 bits per heavy atom. The normalized spacial score (nSPS) is 14.1. The van der Waals surface area contributed by atoms with E-state index in [0.29, 0.717) is 0 Å². The van der Waals surface area contributed by atoms with Crippen LogP contribution in [0.3, 0.4) is 0 Å². The van der Waals surface area contributed by atoms with Crippen LogP contribution in [0.25, 0.3) is 0 Å². The molecule has 1 nitrogen and oxygen atoms in total. The molecule has 1 N–H and O–H groups in total. The number of hydrogen-bond acceptors (Lipinski definition) is 2. The van der Waals surface area contributed by atoms with E-state index in [0.717, 1.165) is 10.5 Å². The zero-order valence-corrected chi connectivity index (χ0v) is 10.1. The van der Waals surface area contributed by atoms with Crippen molar-refractivity contribution in [1.82, 2.24) is 0 Å². The smallest absolute Gasteiger partial charge is 0.0849 e. The van der Waals surface area contributed by atoms with Gasteiger partial charge in [-0.15, -0.1) is 11.8 Å². The summed E-state index contributed by atoms with van der Waals surface area (Å²) >= 11 is 1.68. The van der Waals surface area contributed by atoms with Crippen LogP contribution in [-0.4, -0.2) is 11.4 Å². The maximum atomic E-state index is 10.2. The maximum absolute atomic E-state index is 10.2. The quantitative estimate of drug-likeness (QED) is 0.754. The van der Waals surface area contributed by atoms with E-state index in [1.807, 2.05) is 24.5 Å². The molecule has 0 heterocycles. The molecule has 0 saturated heterocycles. The van der Waals surface area contributed by atoms with Crippen molar-refractivity contribution in [2.45, 2.75) is 31.8 Å². The number of benzene rings is 1. The van der Waals surface area contributed by atoms with E-state index in [9.17, 15) is 5.11 Å². The number of hydrogen-bond donors (Lipinski definition) is 1. The van der Waals surface area contributed by atoms with Gasteiger partial charge in [-0.05, 0) is 23.3 Å². The average Bonchev–Trinajstić information content (AvgIpc) is 2.15. The van der Waals surface area contributed by atoms with Crippen LogP contribution in [0.1, 0.15) is 32.4 Å². The summed E-state index contributed by atoms with van der Waals surface area (Å²) in [5.41, 5.74) is 0.929. The molecule has 0 saturated carbocycles. The monoisotopic (exact) mass is 210 g/mol. The summed E-state index contributed by atoms with van der Waals surface area (Å²) < 4.78 is 0.